The first kappa shape index (κ1) is 17.5. The monoisotopic (exact) mass is 370 g/mol. The molecule has 132 valence electrons. The van der Waals surface area contributed by atoms with E-state index in [-0.39, 0.29) is 17.1 Å². The molecule has 0 unspecified atom stereocenters. The molecule has 3 N–H and O–H groups in total. The summed E-state index contributed by atoms with van der Waals surface area (Å²) in [7, 11) is 0. The maximum Gasteiger partial charge on any atom is 0.319 e. The summed E-state index contributed by atoms with van der Waals surface area (Å²) in [6.07, 6.45) is 3.01. The van der Waals surface area contributed by atoms with Crippen molar-refractivity contribution in [1.29, 1.82) is 0 Å². The minimum Gasteiger partial charge on any atom is -0.467 e. The number of carbonyl (C=O) groups excluding carboxylic acids is 2. The Balaban J connectivity index is 1.53. The molecule has 3 amide bonds. The molecule has 0 atom stereocenters. The van der Waals surface area contributed by atoms with E-state index in [9.17, 15) is 9.59 Å². The molecule has 3 rings (SSSR count). The molecule has 0 fully saturated rings. The lowest BCUT2D eigenvalue weighted by atomic mass is 10.2. The van der Waals surface area contributed by atoms with Crippen molar-refractivity contribution < 1.29 is 14.0 Å². The largest absolute Gasteiger partial charge is 0.467 e. The van der Waals surface area contributed by atoms with Crippen molar-refractivity contribution >= 4 is 34.9 Å². The SMILES string of the molecule is O=C(NCc1ccco1)Nc1ccc(NC(=O)c2ccnc(Cl)c2)cc1. The van der Waals surface area contributed by atoms with Gasteiger partial charge in [0.2, 0.25) is 0 Å². The summed E-state index contributed by atoms with van der Waals surface area (Å²) in [6, 6.07) is 12.9. The van der Waals surface area contributed by atoms with Gasteiger partial charge in [-0.1, -0.05) is 11.6 Å². The van der Waals surface area contributed by atoms with Crippen molar-refractivity contribution in [2.75, 3.05) is 10.6 Å². The number of carbonyl (C=O) groups is 2. The summed E-state index contributed by atoms with van der Waals surface area (Å²) in [5, 5.41) is 8.36. The first-order valence-electron chi connectivity index (χ1n) is 7.70. The minimum atomic E-state index is -0.357. The molecule has 2 heterocycles. The molecular formula is C18H15ClN4O3. The minimum absolute atomic E-state index is 0.248. The van der Waals surface area contributed by atoms with Crippen LogP contribution in [0.1, 0.15) is 16.1 Å². The quantitative estimate of drug-likeness (QED) is 0.593. The maximum atomic E-state index is 12.1. The highest BCUT2D eigenvalue weighted by molar-refractivity contribution is 6.29. The van der Waals surface area contributed by atoms with Crippen LogP contribution in [0.2, 0.25) is 5.15 Å². The number of anilines is 2. The van der Waals surface area contributed by atoms with Crippen molar-refractivity contribution in [3.05, 3.63) is 77.5 Å². The number of amides is 3. The molecule has 26 heavy (non-hydrogen) atoms. The fourth-order valence-corrected chi connectivity index (χ4v) is 2.31. The number of benzene rings is 1. The normalized spacial score (nSPS) is 10.2. The van der Waals surface area contributed by atoms with Crippen LogP contribution >= 0.6 is 11.6 Å². The third kappa shape index (κ3) is 4.84. The third-order valence-corrected chi connectivity index (χ3v) is 3.60. The van der Waals surface area contributed by atoms with E-state index in [0.29, 0.717) is 29.2 Å². The van der Waals surface area contributed by atoms with Crippen molar-refractivity contribution in [3.63, 3.8) is 0 Å². The van der Waals surface area contributed by atoms with Crippen molar-refractivity contribution in [2.24, 2.45) is 0 Å². The van der Waals surface area contributed by atoms with Crippen LogP contribution in [0.5, 0.6) is 0 Å². The predicted molar refractivity (Wildman–Crippen MR) is 98.2 cm³/mol. The van der Waals surface area contributed by atoms with Crippen LogP contribution in [0.4, 0.5) is 16.2 Å². The lowest BCUT2D eigenvalue weighted by molar-refractivity contribution is 0.102. The Kier molecular flexibility index (Phi) is 5.50. The van der Waals surface area contributed by atoms with Gasteiger partial charge in [0.25, 0.3) is 5.91 Å². The number of hydrogen-bond acceptors (Lipinski definition) is 4. The first-order valence-corrected chi connectivity index (χ1v) is 8.08. The summed E-state index contributed by atoms with van der Waals surface area (Å²) in [4.78, 5) is 27.8. The number of nitrogens with one attached hydrogen (secondary N) is 3. The van der Waals surface area contributed by atoms with Gasteiger partial charge in [-0.15, -0.1) is 0 Å². The summed E-state index contributed by atoms with van der Waals surface area (Å²) in [6.45, 7) is 0.293. The Morgan fingerprint density at radius 1 is 1.04 bits per heavy atom. The van der Waals surface area contributed by atoms with Gasteiger partial charge in [0.1, 0.15) is 10.9 Å². The third-order valence-electron chi connectivity index (χ3n) is 3.39. The highest BCUT2D eigenvalue weighted by Crippen LogP contribution is 2.15. The molecule has 3 aromatic rings. The maximum absolute atomic E-state index is 12.1. The average Bonchev–Trinajstić information content (AvgIpc) is 3.15. The van der Waals surface area contributed by atoms with Crippen molar-refractivity contribution in [1.82, 2.24) is 10.3 Å². The fraction of sp³-hybridized carbons (Fsp3) is 0.0556. The van der Waals surface area contributed by atoms with E-state index in [1.807, 2.05) is 0 Å². The van der Waals surface area contributed by atoms with Crippen molar-refractivity contribution in [2.45, 2.75) is 6.54 Å². The second-order valence-electron chi connectivity index (χ2n) is 5.29. The molecule has 0 aliphatic rings. The average molecular weight is 371 g/mol. The number of pyridine rings is 1. The van der Waals surface area contributed by atoms with Crippen LogP contribution in [0.25, 0.3) is 0 Å². The van der Waals surface area contributed by atoms with Gasteiger partial charge in [0.05, 0.1) is 12.8 Å². The van der Waals surface area contributed by atoms with Crippen LogP contribution in [-0.2, 0) is 6.54 Å². The molecule has 0 radical (unpaired) electrons. The second kappa shape index (κ2) is 8.17. The lowest BCUT2D eigenvalue weighted by Gasteiger charge is -2.09. The molecule has 7 nitrogen and oxygen atoms in total. The molecule has 0 saturated heterocycles. The Labute approximate surface area is 154 Å². The van der Waals surface area contributed by atoms with Gasteiger partial charge in [-0.2, -0.15) is 0 Å². The molecule has 2 aromatic heterocycles. The van der Waals surface area contributed by atoms with Gasteiger partial charge in [0, 0.05) is 23.1 Å². The van der Waals surface area contributed by atoms with Gasteiger partial charge in [-0.25, -0.2) is 9.78 Å². The molecule has 0 spiro atoms. The van der Waals surface area contributed by atoms with Gasteiger partial charge >= 0.3 is 6.03 Å². The van der Waals surface area contributed by atoms with Gasteiger partial charge in [-0.05, 0) is 48.5 Å². The predicted octanol–water partition coefficient (Wildman–Crippen LogP) is 3.90. The zero-order valence-electron chi connectivity index (χ0n) is 13.5. The Bertz CT molecular complexity index is 895. The number of hydrogen-bond donors (Lipinski definition) is 3. The van der Waals surface area contributed by atoms with E-state index in [4.69, 9.17) is 16.0 Å². The van der Waals surface area contributed by atoms with Gasteiger partial charge in [0.15, 0.2) is 0 Å². The zero-order valence-corrected chi connectivity index (χ0v) is 14.3. The summed E-state index contributed by atoms with van der Waals surface area (Å²) in [5.41, 5.74) is 1.58. The molecule has 0 saturated carbocycles. The second-order valence-corrected chi connectivity index (χ2v) is 5.67. The van der Waals surface area contributed by atoms with Gasteiger partial charge in [-0.3, -0.25) is 4.79 Å². The number of rotatable bonds is 5. The van der Waals surface area contributed by atoms with Gasteiger partial charge < -0.3 is 20.4 Å². The molecule has 0 bridgehead atoms. The van der Waals surface area contributed by atoms with Crippen LogP contribution < -0.4 is 16.0 Å². The number of urea groups is 1. The van der Waals surface area contributed by atoms with Crippen LogP contribution in [0.3, 0.4) is 0 Å². The molecular weight excluding hydrogens is 356 g/mol. The fourth-order valence-electron chi connectivity index (χ4n) is 2.14. The number of furan rings is 1. The van der Waals surface area contributed by atoms with Crippen LogP contribution in [-0.4, -0.2) is 16.9 Å². The van der Waals surface area contributed by atoms with Crippen molar-refractivity contribution in [3.8, 4) is 0 Å². The number of nitrogens with zero attached hydrogens (tertiary/aromatic N) is 1. The highest BCUT2D eigenvalue weighted by Gasteiger charge is 2.08. The van der Waals surface area contributed by atoms with Crippen LogP contribution in [0, 0.1) is 0 Å². The molecule has 8 heteroatoms. The van der Waals surface area contributed by atoms with E-state index >= 15 is 0 Å². The highest BCUT2D eigenvalue weighted by atomic mass is 35.5. The van der Waals surface area contributed by atoms with E-state index in [2.05, 4.69) is 20.9 Å². The smallest absolute Gasteiger partial charge is 0.319 e. The topological polar surface area (TPSA) is 96.3 Å². The molecule has 0 aliphatic heterocycles. The van der Waals surface area contributed by atoms with E-state index in [0.717, 1.165) is 0 Å². The lowest BCUT2D eigenvalue weighted by Crippen LogP contribution is -2.27. The molecule has 0 aliphatic carbocycles. The van der Waals surface area contributed by atoms with E-state index in [1.165, 1.54) is 12.3 Å². The summed E-state index contributed by atoms with van der Waals surface area (Å²) in [5.74, 6) is 0.362. The Morgan fingerprint density at radius 3 is 2.42 bits per heavy atom. The number of aromatic nitrogens is 1. The van der Waals surface area contributed by atoms with E-state index in [1.54, 1.807) is 48.7 Å². The summed E-state index contributed by atoms with van der Waals surface area (Å²) < 4.78 is 5.14. The standard InChI is InChI=1S/C18H15ClN4O3/c19-16-10-12(7-8-20-16)17(24)22-13-3-5-14(6-4-13)23-18(25)21-11-15-2-1-9-26-15/h1-10H,11H2,(H,22,24)(H2,21,23,25). The number of halogens is 1. The van der Waals surface area contributed by atoms with Crippen LogP contribution in [0.15, 0.2) is 65.4 Å². The Hall–Kier alpha value is -3.32. The first-order chi connectivity index (χ1) is 12.6. The zero-order chi connectivity index (χ0) is 18.4. The summed E-state index contributed by atoms with van der Waals surface area (Å²) >= 11 is 5.78. The molecule has 1 aromatic carbocycles. The van der Waals surface area contributed by atoms with E-state index < -0.39 is 0 Å². The Morgan fingerprint density at radius 2 is 1.77 bits per heavy atom.